The van der Waals surface area contributed by atoms with Gasteiger partial charge < -0.3 is 10.6 Å². The van der Waals surface area contributed by atoms with Crippen LogP contribution in [0.3, 0.4) is 0 Å². The zero-order valence-corrected chi connectivity index (χ0v) is 13.6. The van der Waals surface area contributed by atoms with Crippen LogP contribution in [0.1, 0.15) is 26.5 Å². The van der Waals surface area contributed by atoms with E-state index < -0.39 is 0 Å². The summed E-state index contributed by atoms with van der Waals surface area (Å²) < 4.78 is 1.87. The lowest BCUT2D eigenvalue weighted by Gasteiger charge is -2.12. The van der Waals surface area contributed by atoms with Gasteiger partial charge in [-0.2, -0.15) is 5.10 Å². The number of aliphatic imine (C=N–C) groups is 1. The number of para-hydroxylation sites is 1. The van der Waals surface area contributed by atoms with Crippen LogP contribution in [0, 0.1) is 5.92 Å². The summed E-state index contributed by atoms with van der Waals surface area (Å²) in [5, 5.41) is 11.1. The number of rotatable bonds is 6. The first-order valence-electron chi connectivity index (χ1n) is 7.81. The van der Waals surface area contributed by atoms with Gasteiger partial charge in [-0.25, -0.2) is 9.67 Å². The van der Waals surface area contributed by atoms with Crippen LogP contribution in [0.5, 0.6) is 0 Å². The highest BCUT2D eigenvalue weighted by molar-refractivity contribution is 5.79. The molecular formula is C17H25N5. The van der Waals surface area contributed by atoms with Crippen molar-refractivity contribution in [1.29, 1.82) is 0 Å². The first kappa shape index (κ1) is 16.1. The predicted molar refractivity (Wildman–Crippen MR) is 91.2 cm³/mol. The molecule has 0 spiro atoms. The molecule has 0 amide bonds. The van der Waals surface area contributed by atoms with Crippen LogP contribution >= 0.6 is 0 Å². The maximum absolute atomic E-state index is 4.58. The number of hydrogen-bond acceptors (Lipinski definition) is 2. The van der Waals surface area contributed by atoms with Crippen molar-refractivity contribution in [1.82, 2.24) is 20.4 Å². The Morgan fingerprint density at radius 2 is 1.95 bits per heavy atom. The Morgan fingerprint density at radius 3 is 2.64 bits per heavy atom. The molecule has 0 aliphatic heterocycles. The van der Waals surface area contributed by atoms with Crippen LogP contribution in [-0.4, -0.2) is 28.8 Å². The van der Waals surface area contributed by atoms with Crippen LogP contribution in [-0.2, 0) is 6.54 Å². The predicted octanol–water partition coefficient (Wildman–Crippen LogP) is 2.58. The molecule has 0 saturated heterocycles. The Bertz CT molecular complexity index is 586. The lowest BCUT2D eigenvalue weighted by atomic mass is 10.2. The fraction of sp³-hybridized carbons (Fsp3) is 0.412. The van der Waals surface area contributed by atoms with Gasteiger partial charge in [0.2, 0.25) is 0 Å². The van der Waals surface area contributed by atoms with Gasteiger partial charge >= 0.3 is 0 Å². The van der Waals surface area contributed by atoms with E-state index in [1.54, 1.807) is 0 Å². The van der Waals surface area contributed by atoms with E-state index in [4.69, 9.17) is 0 Å². The Hall–Kier alpha value is -2.30. The summed E-state index contributed by atoms with van der Waals surface area (Å²) in [6.07, 6.45) is 1.97. The molecule has 1 aromatic heterocycles. The third kappa shape index (κ3) is 4.91. The second-order valence-corrected chi connectivity index (χ2v) is 5.56. The van der Waals surface area contributed by atoms with Crippen molar-refractivity contribution in [2.45, 2.75) is 27.3 Å². The summed E-state index contributed by atoms with van der Waals surface area (Å²) in [5.74, 6) is 1.42. The number of benzene rings is 1. The van der Waals surface area contributed by atoms with Crippen molar-refractivity contribution in [3.8, 4) is 5.69 Å². The Balaban J connectivity index is 2.00. The zero-order chi connectivity index (χ0) is 15.8. The SMILES string of the molecule is CCNC(=NCc1ccn(-c2ccccc2)n1)NCC(C)C. The highest BCUT2D eigenvalue weighted by Gasteiger charge is 2.02. The summed E-state index contributed by atoms with van der Waals surface area (Å²) in [4.78, 5) is 4.58. The van der Waals surface area contributed by atoms with Crippen molar-refractivity contribution in [3.63, 3.8) is 0 Å². The fourth-order valence-electron chi connectivity index (χ4n) is 1.97. The van der Waals surface area contributed by atoms with Gasteiger partial charge in [0.1, 0.15) is 0 Å². The number of hydrogen-bond donors (Lipinski definition) is 2. The van der Waals surface area contributed by atoms with Gasteiger partial charge in [0.15, 0.2) is 5.96 Å². The summed E-state index contributed by atoms with van der Waals surface area (Å²) >= 11 is 0. The molecular weight excluding hydrogens is 274 g/mol. The van der Waals surface area contributed by atoms with Gasteiger partial charge in [-0.05, 0) is 31.0 Å². The molecule has 0 bridgehead atoms. The van der Waals surface area contributed by atoms with Crippen LogP contribution in [0.25, 0.3) is 5.69 Å². The van der Waals surface area contributed by atoms with Crippen LogP contribution in [0.4, 0.5) is 0 Å². The zero-order valence-electron chi connectivity index (χ0n) is 13.6. The molecule has 2 N–H and O–H groups in total. The topological polar surface area (TPSA) is 54.2 Å². The van der Waals surface area contributed by atoms with E-state index in [-0.39, 0.29) is 0 Å². The molecule has 0 fully saturated rings. The van der Waals surface area contributed by atoms with Crippen LogP contribution in [0.15, 0.2) is 47.6 Å². The molecule has 1 heterocycles. The van der Waals surface area contributed by atoms with Crippen molar-refractivity contribution in [3.05, 3.63) is 48.3 Å². The van der Waals surface area contributed by atoms with E-state index in [1.807, 2.05) is 47.3 Å². The summed E-state index contributed by atoms with van der Waals surface area (Å²) in [6.45, 7) is 8.74. The van der Waals surface area contributed by atoms with Crippen molar-refractivity contribution < 1.29 is 0 Å². The largest absolute Gasteiger partial charge is 0.357 e. The molecule has 0 aliphatic rings. The number of nitrogens with one attached hydrogen (secondary N) is 2. The molecule has 2 rings (SSSR count). The fourth-order valence-corrected chi connectivity index (χ4v) is 1.97. The molecule has 5 heteroatoms. The van der Waals surface area contributed by atoms with Gasteiger partial charge in [0, 0.05) is 19.3 Å². The highest BCUT2D eigenvalue weighted by atomic mass is 15.3. The summed E-state index contributed by atoms with van der Waals surface area (Å²) in [6, 6.07) is 12.1. The lowest BCUT2D eigenvalue weighted by Crippen LogP contribution is -2.39. The van der Waals surface area contributed by atoms with E-state index in [9.17, 15) is 0 Å². The number of guanidine groups is 1. The van der Waals surface area contributed by atoms with Crippen molar-refractivity contribution in [2.75, 3.05) is 13.1 Å². The Kier molecular flexibility index (Phi) is 6.01. The molecule has 5 nitrogen and oxygen atoms in total. The maximum Gasteiger partial charge on any atom is 0.191 e. The van der Waals surface area contributed by atoms with E-state index in [0.717, 1.165) is 30.4 Å². The molecule has 0 aliphatic carbocycles. The van der Waals surface area contributed by atoms with Gasteiger partial charge in [-0.15, -0.1) is 0 Å². The molecule has 22 heavy (non-hydrogen) atoms. The standard InChI is InChI=1S/C17H25N5/c1-4-18-17(19-12-14(2)3)20-13-15-10-11-22(21-15)16-8-6-5-7-9-16/h5-11,14H,4,12-13H2,1-3H3,(H2,18,19,20). The molecule has 1 aromatic carbocycles. The lowest BCUT2D eigenvalue weighted by molar-refractivity contribution is 0.614. The first-order chi connectivity index (χ1) is 10.7. The molecule has 0 unspecified atom stereocenters. The van der Waals surface area contributed by atoms with Gasteiger partial charge in [0.05, 0.1) is 17.9 Å². The third-order valence-corrected chi connectivity index (χ3v) is 3.09. The van der Waals surface area contributed by atoms with Crippen LogP contribution < -0.4 is 10.6 Å². The second kappa shape index (κ2) is 8.22. The number of aromatic nitrogens is 2. The quantitative estimate of drug-likeness (QED) is 0.637. The average molecular weight is 299 g/mol. The monoisotopic (exact) mass is 299 g/mol. The van der Waals surface area contributed by atoms with E-state index in [0.29, 0.717) is 12.5 Å². The van der Waals surface area contributed by atoms with Gasteiger partial charge in [0.25, 0.3) is 0 Å². The van der Waals surface area contributed by atoms with Gasteiger partial charge in [-0.1, -0.05) is 32.0 Å². The van der Waals surface area contributed by atoms with Crippen molar-refractivity contribution >= 4 is 5.96 Å². The summed E-state index contributed by atoms with van der Waals surface area (Å²) in [5.41, 5.74) is 2.01. The number of nitrogens with zero attached hydrogens (tertiary/aromatic N) is 3. The van der Waals surface area contributed by atoms with Gasteiger partial charge in [-0.3, -0.25) is 0 Å². The smallest absolute Gasteiger partial charge is 0.191 e. The molecule has 0 saturated carbocycles. The van der Waals surface area contributed by atoms with E-state index in [1.165, 1.54) is 0 Å². The summed E-state index contributed by atoms with van der Waals surface area (Å²) in [7, 11) is 0. The first-order valence-corrected chi connectivity index (χ1v) is 7.81. The molecule has 2 aromatic rings. The third-order valence-electron chi connectivity index (χ3n) is 3.09. The Morgan fingerprint density at radius 1 is 1.18 bits per heavy atom. The minimum absolute atomic E-state index is 0.563. The maximum atomic E-state index is 4.58. The van der Waals surface area contributed by atoms with Crippen molar-refractivity contribution in [2.24, 2.45) is 10.9 Å². The molecule has 0 radical (unpaired) electrons. The minimum atomic E-state index is 0.563. The minimum Gasteiger partial charge on any atom is -0.357 e. The van der Waals surface area contributed by atoms with E-state index in [2.05, 4.69) is 41.5 Å². The Labute approximate surface area is 132 Å². The van der Waals surface area contributed by atoms with E-state index >= 15 is 0 Å². The van der Waals surface area contributed by atoms with Crippen LogP contribution in [0.2, 0.25) is 0 Å². The molecule has 118 valence electrons. The highest BCUT2D eigenvalue weighted by Crippen LogP contribution is 2.07. The average Bonchev–Trinajstić information content (AvgIpc) is 3.00. The second-order valence-electron chi connectivity index (χ2n) is 5.56. The molecule has 0 atom stereocenters. The normalized spacial score (nSPS) is 11.7.